The summed E-state index contributed by atoms with van der Waals surface area (Å²) in [6, 6.07) is 34.6. The highest BCUT2D eigenvalue weighted by Gasteiger charge is 2.36. The van der Waals surface area contributed by atoms with E-state index in [0.29, 0.717) is 23.4 Å². The Labute approximate surface area is 229 Å². The van der Waals surface area contributed by atoms with Crippen molar-refractivity contribution in [1.82, 2.24) is 4.67 Å². The third kappa shape index (κ3) is 4.36. The molecule has 6 nitrogen and oxygen atoms in total. The molecule has 1 aliphatic heterocycles. The van der Waals surface area contributed by atoms with Crippen molar-refractivity contribution < 1.29 is 9.66 Å². The summed E-state index contributed by atoms with van der Waals surface area (Å²) in [5.41, 5.74) is 0.720. The standard InChI is InChI=1S/C30H25BrN3O3P/c31-27-21-24(34(35)36)15-16-28(27)32-38(33-17-19-37-20-18-33,29-13-5-9-22-7-1-3-11-25(22)29)30-14-6-10-23-8-2-4-12-26(23)30/h1-16,21H,17-20H2. The Balaban J connectivity index is 1.79. The molecule has 0 radical (unpaired) electrons. The van der Waals surface area contributed by atoms with Crippen molar-refractivity contribution in [2.24, 2.45) is 4.74 Å². The highest BCUT2D eigenvalue weighted by molar-refractivity contribution is 9.10. The van der Waals surface area contributed by atoms with Gasteiger partial charge in [0.05, 0.1) is 31.0 Å². The van der Waals surface area contributed by atoms with Crippen molar-refractivity contribution in [3.63, 3.8) is 0 Å². The number of halogens is 1. The number of rotatable bonds is 5. The summed E-state index contributed by atoms with van der Waals surface area (Å²) in [5, 5.41) is 18.4. The van der Waals surface area contributed by atoms with E-state index < -0.39 is 7.21 Å². The van der Waals surface area contributed by atoms with Gasteiger partial charge in [0.15, 0.2) is 0 Å². The molecule has 1 heterocycles. The van der Waals surface area contributed by atoms with Crippen LogP contribution in [0, 0.1) is 10.1 Å². The van der Waals surface area contributed by atoms with Crippen LogP contribution in [0.15, 0.2) is 112 Å². The van der Waals surface area contributed by atoms with E-state index in [1.54, 1.807) is 12.1 Å². The van der Waals surface area contributed by atoms with Gasteiger partial charge in [-0.15, -0.1) is 0 Å². The summed E-state index contributed by atoms with van der Waals surface area (Å²) in [7, 11) is -2.68. The fraction of sp³-hybridized carbons (Fsp3) is 0.133. The SMILES string of the molecule is O=[N+]([O-])c1ccc(N=P(c2cccc3ccccc23)(c2cccc3ccccc23)N2CCOCC2)c(Br)c1. The van der Waals surface area contributed by atoms with Gasteiger partial charge in [-0.2, -0.15) is 0 Å². The molecule has 1 saturated heterocycles. The van der Waals surface area contributed by atoms with Crippen molar-refractivity contribution in [2.45, 2.75) is 0 Å². The molecular formula is C30H25BrN3O3P. The Bertz CT molecular complexity index is 1640. The number of nitro groups is 1. The van der Waals surface area contributed by atoms with E-state index in [4.69, 9.17) is 9.48 Å². The van der Waals surface area contributed by atoms with E-state index >= 15 is 0 Å². The predicted molar refractivity (Wildman–Crippen MR) is 159 cm³/mol. The number of non-ortho nitro benzene ring substituents is 1. The number of nitrogens with zero attached hydrogens (tertiary/aromatic N) is 3. The molecular weight excluding hydrogens is 561 g/mol. The van der Waals surface area contributed by atoms with Crippen LogP contribution in [-0.2, 0) is 4.74 Å². The van der Waals surface area contributed by atoms with Gasteiger partial charge in [0, 0.05) is 40.3 Å². The Morgan fingerprint density at radius 3 is 1.89 bits per heavy atom. The van der Waals surface area contributed by atoms with Crippen LogP contribution in [0.4, 0.5) is 11.4 Å². The fourth-order valence-corrected chi connectivity index (χ4v) is 9.95. The van der Waals surface area contributed by atoms with Gasteiger partial charge in [0.25, 0.3) is 5.69 Å². The molecule has 1 fully saturated rings. The molecule has 190 valence electrons. The first kappa shape index (κ1) is 25.0. The van der Waals surface area contributed by atoms with Gasteiger partial charge in [-0.3, -0.25) is 14.8 Å². The van der Waals surface area contributed by atoms with Gasteiger partial charge in [0.2, 0.25) is 0 Å². The van der Waals surface area contributed by atoms with Crippen molar-refractivity contribution in [1.29, 1.82) is 0 Å². The molecule has 6 rings (SSSR count). The second kappa shape index (κ2) is 10.4. The van der Waals surface area contributed by atoms with E-state index in [2.05, 4.69) is 106 Å². The third-order valence-corrected chi connectivity index (χ3v) is 11.5. The lowest BCUT2D eigenvalue weighted by molar-refractivity contribution is -0.384. The van der Waals surface area contributed by atoms with Crippen LogP contribution in [-0.4, -0.2) is 35.9 Å². The van der Waals surface area contributed by atoms with Crippen molar-refractivity contribution >= 4 is 66.7 Å². The minimum Gasteiger partial charge on any atom is -0.379 e. The number of benzene rings is 5. The Morgan fingerprint density at radius 2 is 1.34 bits per heavy atom. The van der Waals surface area contributed by atoms with E-state index in [1.165, 1.54) is 16.7 Å². The number of hydrogen-bond donors (Lipinski definition) is 0. The van der Waals surface area contributed by atoms with E-state index in [9.17, 15) is 10.1 Å². The third-order valence-electron chi connectivity index (χ3n) is 7.00. The average molecular weight is 586 g/mol. The Morgan fingerprint density at radius 1 is 0.789 bits per heavy atom. The smallest absolute Gasteiger partial charge is 0.270 e. The van der Waals surface area contributed by atoms with Gasteiger partial charge < -0.3 is 4.74 Å². The molecule has 5 aromatic carbocycles. The highest BCUT2D eigenvalue weighted by Crippen LogP contribution is 2.57. The summed E-state index contributed by atoms with van der Waals surface area (Å²) in [5.74, 6) is 0. The van der Waals surface area contributed by atoms with Gasteiger partial charge >= 0.3 is 0 Å². The molecule has 5 aromatic rings. The Hall–Kier alpha value is -3.35. The first-order valence-electron chi connectivity index (χ1n) is 12.4. The summed E-state index contributed by atoms with van der Waals surface area (Å²) in [4.78, 5) is 11.1. The number of fused-ring (bicyclic) bond motifs is 2. The number of ether oxygens (including phenoxy) is 1. The maximum atomic E-state index is 11.5. The lowest BCUT2D eigenvalue weighted by Crippen LogP contribution is -2.40. The fourth-order valence-electron chi connectivity index (χ4n) is 5.26. The molecule has 0 aromatic heterocycles. The number of nitro benzene ring substituents is 1. The highest BCUT2D eigenvalue weighted by atomic mass is 79.9. The van der Waals surface area contributed by atoms with E-state index in [0.717, 1.165) is 34.6 Å². The minimum absolute atomic E-state index is 0.0291. The molecule has 0 aliphatic carbocycles. The lowest BCUT2D eigenvalue weighted by atomic mass is 10.1. The topological polar surface area (TPSA) is 68.0 Å². The molecule has 0 bridgehead atoms. The molecule has 0 spiro atoms. The molecule has 0 saturated carbocycles. The van der Waals surface area contributed by atoms with Crippen LogP contribution < -0.4 is 10.6 Å². The van der Waals surface area contributed by atoms with Crippen molar-refractivity contribution in [3.05, 3.63) is 118 Å². The largest absolute Gasteiger partial charge is 0.379 e. The lowest BCUT2D eigenvalue weighted by Gasteiger charge is -2.40. The van der Waals surface area contributed by atoms with Crippen LogP contribution >= 0.6 is 23.1 Å². The maximum absolute atomic E-state index is 11.5. The quantitative estimate of drug-likeness (QED) is 0.122. The minimum atomic E-state index is -2.68. The normalized spacial score (nSPS) is 14.6. The number of hydrogen-bond acceptors (Lipinski definition) is 4. The maximum Gasteiger partial charge on any atom is 0.270 e. The summed E-state index contributed by atoms with van der Waals surface area (Å²) < 4.78 is 14.6. The molecule has 0 atom stereocenters. The van der Waals surface area contributed by atoms with Crippen LogP contribution in [0.1, 0.15) is 0 Å². The second-order valence-corrected chi connectivity index (χ2v) is 12.9. The average Bonchev–Trinajstić information content (AvgIpc) is 2.96. The second-order valence-electron chi connectivity index (χ2n) is 9.16. The van der Waals surface area contributed by atoms with Gasteiger partial charge in [-0.1, -0.05) is 84.9 Å². The molecule has 38 heavy (non-hydrogen) atoms. The molecule has 1 aliphatic rings. The first-order chi connectivity index (χ1) is 18.6. The predicted octanol–water partition coefficient (Wildman–Crippen LogP) is 7.39. The summed E-state index contributed by atoms with van der Waals surface area (Å²) in [6.07, 6.45) is 0. The van der Waals surface area contributed by atoms with Gasteiger partial charge in [0.1, 0.15) is 0 Å². The Kier molecular flexibility index (Phi) is 6.85. The van der Waals surface area contributed by atoms with Crippen molar-refractivity contribution in [3.8, 4) is 0 Å². The monoisotopic (exact) mass is 585 g/mol. The van der Waals surface area contributed by atoms with Crippen LogP contribution in [0.2, 0.25) is 0 Å². The zero-order chi connectivity index (χ0) is 26.1. The molecule has 0 unspecified atom stereocenters. The first-order valence-corrected chi connectivity index (χ1v) is 14.9. The molecule has 0 amide bonds. The van der Waals surface area contributed by atoms with Crippen LogP contribution in [0.5, 0.6) is 0 Å². The van der Waals surface area contributed by atoms with E-state index in [1.807, 2.05) is 0 Å². The van der Waals surface area contributed by atoms with Crippen LogP contribution in [0.25, 0.3) is 21.5 Å². The number of morpholine rings is 1. The molecule has 8 heteroatoms. The van der Waals surface area contributed by atoms with Gasteiger partial charge in [-0.25, -0.2) is 4.74 Å². The molecule has 0 N–H and O–H groups in total. The van der Waals surface area contributed by atoms with Gasteiger partial charge in [-0.05, 0) is 43.5 Å². The zero-order valence-corrected chi connectivity index (χ0v) is 23.0. The summed E-state index contributed by atoms with van der Waals surface area (Å²) in [6.45, 7) is 2.70. The van der Waals surface area contributed by atoms with E-state index in [-0.39, 0.29) is 10.6 Å². The summed E-state index contributed by atoms with van der Waals surface area (Å²) >= 11 is 3.61. The van der Waals surface area contributed by atoms with Crippen LogP contribution in [0.3, 0.4) is 0 Å². The van der Waals surface area contributed by atoms with Crippen molar-refractivity contribution in [2.75, 3.05) is 26.3 Å². The zero-order valence-electron chi connectivity index (χ0n) is 20.5.